The van der Waals surface area contributed by atoms with E-state index in [0.717, 1.165) is 0 Å². The Balaban J connectivity index is 1.53. The van der Waals surface area contributed by atoms with E-state index in [1.807, 2.05) is 0 Å². The molecular weight excluding hydrogens is 421 g/mol. The van der Waals surface area contributed by atoms with Crippen LogP contribution in [0.3, 0.4) is 0 Å². The number of sulfonamides is 1. The Morgan fingerprint density at radius 3 is 2.50 bits per heavy atom. The molecule has 2 aromatic rings. The molecule has 1 fully saturated rings. The SMILES string of the molecule is N#Cc1cccc(OCCN2CCN(S(=O)(=O)c3cccc(Cl)c3Cl)CC2)c1. The Morgan fingerprint density at radius 2 is 1.79 bits per heavy atom. The number of nitrogens with zero attached hydrogens (tertiary/aromatic N) is 3. The van der Waals surface area contributed by atoms with Gasteiger partial charge in [0, 0.05) is 32.7 Å². The summed E-state index contributed by atoms with van der Waals surface area (Å²) in [6, 6.07) is 13.7. The van der Waals surface area contributed by atoms with Crippen LogP contribution in [0.4, 0.5) is 0 Å². The molecule has 0 atom stereocenters. The maximum absolute atomic E-state index is 12.8. The molecule has 28 heavy (non-hydrogen) atoms. The highest BCUT2D eigenvalue weighted by atomic mass is 35.5. The van der Waals surface area contributed by atoms with Crippen LogP contribution in [-0.4, -0.2) is 57.0 Å². The average Bonchev–Trinajstić information content (AvgIpc) is 2.70. The van der Waals surface area contributed by atoms with Crippen molar-refractivity contribution in [3.63, 3.8) is 0 Å². The summed E-state index contributed by atoms with van der Waals surface area (Å²) in [6.07, 6.45) is 0. The molecule has 9 heteroatoms. The second-order valence-electron chi connectivity index (χ2n) is 6.29. The van der Waals surface area contributed by atoms with E-state index in [0.29, 0.717) is 50.6 Å². The Labute approximate surface area is 174 Å². The third-order valence-corrected chi connectivity index (χ3v) is 7.38. The molecule has 0 aliphatic carbocycles. The molecule has 0 aromatic heterocycles. The first kappa shape index (κ1) is 20.9. The van der Waals surface area contributed by atoms with Gasteiger partial charge in [0.15, 0.2) is 0 Å². The highest BCUT2D eigenvalue weighted by Crippen LogP contribution is 2.31. The Morgan fingerprint density at radius 1 is 1.07 bits per heavy atom. The number of hydrogen-bond acceptors (Lipinski definition) is 5. The molecule has 0 saturated carbocycles. The van der Waals surface area contributed by atoms with Gasteiger partial charge in [-0.2, -0.15) is 9.57 Å². The van der Waals surface area contributed by atoms with E-state index in [-0.39, 0.29) is 14.9 Å². The van der Waals surface area contributed by atoms with Crippen LogP contribution in [0.2, 0.25) is 10.0 Å². The normalized spacial score (nSPS) is 15.9. The summed E-state index contributed by atoms with van der Waals surface area (Å²) in [5.74, 6) is 0.649. The Hall–Kier alpha value is -1.82. The minimum atomic E-state index is -3.68. The molecule has 0 spiro atoms. The molecule has 148 valence electrons. The van der Waals surface area contributed by atoms with Crippen LogP contribution in [0.1, 0.15) is 5.56 Å². The van der Waals surface area contributed by atoms with Gasteiger partial charge in [-0.1, -0.05) is 35.3 Å². The van der Waals surface area contributed by atoms with Crippen molar-refractivity contribution in [1.82, 2.24) is 9.21 Å². The number of benzene rings is 2. The zero-order valence-corrected chi connectivity index (χ0v) is 17.3. The van der Waals surface area contributed by atoms with E-state index in [4.69, 9.17) is 33.2 Å². The van der Waals surface area contributed by atoms with Crippen molar-refractivity contribution in [2.45, 2.75) is 4.90 Å². The number of ether oxygens (including phenoxy) is 1. The first-order valence-corrected chi connectivity index (χ1v) is 10.9. The van der Waals surface area contributed by atoms with Crippen LogP contribution in [-0.2, 0) is 10.0 Å². The minimum Gasteiger partial charge on any atom is -0.492 e. The first-order chi connectivity index (χ1) is 13.4. The Kier molecular flexibility index (Phi) is 6.81. The van der Waals surface area contributed by atoms with E-state index in [2.05, 4.69) is 11.0 Å². The maximum Gasteiger partial charge on any atom is 0.244 e. The van der Waals surface area contributed by atoms with Gasteiger partial charge >= 0.3 is 0 Å². The van der Waals surface area contributed by atoms with E-state index >= 15 is 0 Å². The topological polar surface area (TPSA) is 73.6 Å². The van der Waals surface area contributed by atoms with Gasteiger partial charge < -0.3 is 4.74 Å². The lowest BCUT2D eigenvalue weighted by Gasteiger charge is -2.34. The fourth-order valence-corrected chi connectivity index (χ4v) is 5.12. The summed E-state index contributed by atoms with van der Waals surface area (Å²) >= 11 is 12.0. The molecule has 6 nitrogen and oxygen atoms in total. The lowest BCUT2D eigenvalue weighted by atomic mass is 10.2. The van der Waals surface area contributed by atoms with Crippen LogP contribution >= 0.6 is 23.2 Å². The average molecular weight is 440 g/mol. The van der Waals surface area contributed by atoms with Crippen LogP contribution in [0.5, 0.6) is 5.75 Å². The minimum absolute atomic E-state index is 0.0378. The van der Waals surface area contributed by atoms with Crippen molar-refractivity contribution in [3.05, 3.63) is 58.1 Å². The number of rotatable bonds is 6. The van der Waals surface area contributed by atoms with Crippen molar-refractivity contribution in [1.29, 1.82) is 5.26 Å². The second-order valence-corrected chi connectivity index (χ2v) is 8.98. The third kappa shape index (κ3) is 4.77. The van der Waals surface area contributed by atoms with Crippen molar-refractivity contribution < 1.29 is 13.2 Å². The number of piperazine rings is 1. The van der Waals surface area contributed by atoms with Gasteiger partial charge in [0.25, 0.3) is 0 Å². The molecule has 0 bridgehead atoms. The third-order valence-electron chi connectivity index (χ3n) is 4.50. The smallest absolute Gasteiger partial charge is 0.244 e. The van der Waals surface area contributed by atoms with Gasteiger partial charge in [0.2, 0.25) is 10.0 Å². The molecule has 3 rings (SSSR count). The Bertz CT molecular complexity index is 984. The summed E-state index contributed by atoms with van der Waals surface area (Å²) in [5.41, 5.74) is 0.552. The van der Waals surface area contributed by atoms with Gasteiger partial charge in [-0.05, 0) is 30.3 Å². The molecule has 2 aromatic carbocycles. The standard InChI is InChI=1S/C19H19Cl2N3O3S/c20-17-5-2-6-18(19(17)21)28(25,26)24-9-7-23(8-10-24)11-12-27-16-4-1-3-15(13-16)14-22/h1-6,13H,7-12H2. The van der Waals surface area contributed by atoms with Gasteiger partial charge in [-0.3, -0.25) is 4.90 Å². The van der Waals surface area contributed by atoms with Gasteiger partial charge in [-0.15, -0.1) is 0 Å². The van der Waals surface area contributed by atoms with Crippen LogP contribution < -0.4 is 4.74 Å². The summed E-state index contributed by atoms with van der Waals surface area (Å²) in [5, 5.41) is 9.19. The van der Waals surface area contributed by atoms with E-state index in [9.17, 15) is 8.42 Å². The zero-order chi connectivity index (χ0) is 20.1. The highest BCUT2D eigenvalue weighted by Gasteiger charge is 2.30. The van der Waals surface area contributed by atoms with Crippen molar-refractivity contribution >= 4 is 33.2 Å². The summed E-state index contributed by atoms with van der Waals surface area (Å²) in [7, 11) is -3.68. The molecular formula is C19H19Cl2N3O3S. The van der Waals surface area contributed by atoms with Crippen molar-refractivity contribution in [2.24, 2.45) is 0 Å². The zero-order valence-electron chi connectivity index (χ0n) is 15.0. The van der Waals surface area contributed by atoms with Crippen LogP contribution in [0.25, 0.3) is 0 Å². The van der Waals surface area contributed by atoms with Crippen LogP contribution in [0, 0.1) is 11.3 Å². The molecule has 1 aliphatic heterocycles. The summed E-state index contributed by atoms with van der Waals surface area (Å²) < 4.78 is 32.8. The molecule has 1 aliphatic rings. The quantitative estimate of drug-likeness (QED) is 0.690. The predicted octanol–water partition coefficient (Wildman–Crippen LogP) is 3.25. The van der Waals surface area contributed by atoms with E-state index in [1.54, 1.807) is 36.4 Å². The molecule has 0 amide bonds. The lowest BCUT2D eigenvalue weighted by Crippen LogP contribution is -2.49. The fourth-order valence-electron chi connectivity index (χ4n) is 2.96. The molecule has 0 radical (unpaired) electrons. The predicted molar refractivity (Wildman–Crippen MR) is 108 cm³/mol. The number of nitriles is 1. The number of halogens is 2. The maximum atomic E-state index is 12.8. The van der Waals surface area contributed by atoms with Gasteiger partial charge in [0.05, 0.1) is 21.7 Å². The number of hydrogen-bond donors (Lipinski definition) is 0. The second kappa shape index (κ2) is 9.12. The van der Waals surface area contributed by atoms with Crippen molar-refractivity contribution in [2.75, 3.05) is 39.3 Å². The van der Waals surface area contributed by atoms with E-state index in [1.165, 1.54) is 10.4 Å². The molecule has 1 heterocycles. The van der Waals surface area contributed by atoms with Gasteiger partial charge in [-0.25, -0.2) is 8.42 Å². The van der Waals surface area contributed by atoms with Gasteiger partial charge in [0.1, 0.15) is 17.3 Å². The van der Waals surface area contributed by atoms with E-state index < -0.39 is 10.0 Å². The van der Waals surface area contributed by atoms with Crippen molar-refractivity contribution in [3.8, 4) is 11.8 Å². The van der Waals surface area contributed by atoms with Crippen LogP contribution in [0.15, 0.2) is 47.4 Å². The lowest BCUT2D eigenvalue weighted by molar-refractivity contribution is 0.159. The monoisotopic (exact) mass is 439 g/mol. The summed E-state index contributed by atoms with van der Waals surface area (Å²) in [4.78, 5) is 2.18. The first-order valence-electron chi connectivity index (χ1n) is 8.71. The molecule has 1 saturated heterocycles. The summed E-state index contributed by atoms with van der Waals surface area (Å²) in [6.45, 7) is 3.06. The molecule has 0 unspecified atom stereocenters. The molecule has 0 N–H and O–H groups in total. The highest BCUT2D eigenvalue weighted by molar-refractivity contribution is 7.89. The largest absolute Gasteiger partial charge is 0.492 e. The fraction of sp³-hybridized carbons (Fsp3) is 0.316.